The van der Waals surface area contributed by atoms with Gasteiger partial charge in [-0.3, -0.25) is 0 Å². The van der Waals surface area contributed by atoms with Gasteiger partial charge in [0.15, 0.2) is 0 Å². The van der Waals surface area contributed by atoms with E-state index in [4.69, 9.17) is 0 Å². The fourth-order valence-corrected chi connectivity index (χ4v) is 3.07. The van der Waals surface area contributed by atoms with Crippen molar-refractivity contribution in [3.8, 4) is 0 Å². The van der Waals surface area contributed by atoms with Crippen LogP contribution in [-0.2, 0) is 0 Å². The largest absolute Gasteiger partial charge is 0.316 e. The van der Waals surface area contributed by atoms with Crippen LogP contribution in [0.1, 0.15) is 52.4 Å². The highest BCUT2D eigenvalue weighted by Gasteiger charge is 2.24. The Balaban J connectivity index is 2.02. The van der Waals surface area contributed by atoms with Gasteiger partial charge in [0.1, 0.15) is 0 Å². The van der Waals surface area contributed by atoms with E-state index in [1.807, 2.05) is 0 Å². The van der Waals surface area contributed by atoms with Gasteiger partial charge in [0.25, 0.3) is 0 Å². The Labute approximate surface area is 107 Å². The number of unbranched alkanes of at least 4 members (excludes halogenated alkanes) is 1. The van der Waals surface area contributed by atoms with E-state index in [0.717, 1.165) is 30.1 Å². The fraction of sp³-hybridized carbons (Fsp3) is 1.00. The van der Waals surface area contributed by atoms with Crippen molar-refractivity contribution in [1.29, 1.82) is 0 Å². The lowest BCUT2D eigenvalue weighted by atomic mass is 9.73. The molecule has 1 nitrogen and oxygen atoms in total. The number of thiol groups is 1. The van der Waals surface area contributed by atoms with Crippen molar-refractivity contribution in [2.45, 2.75) is 52.4 Å². The van der Waals surface area contributed by atoms with Crippen LogP contribution in [0.3, 0.4) is 0 Å². The second-order valence-corrected chi connectivity index (χ2v) is 6.07. The monoisotopic (exact) mass is 243 g/mol. The first-order valence-electron chi connectivity index (χ1n) is 7.05. The average molecular weight is 243 g/mol. The summed E-state index contributed by atoms with van der Waals surface area (Å²) in [7, 11) is 0. The number of rotatable bonds is 7. The molecule has 96 valence electrons. The minimum absolute atomic E-state index is 0.956. The van der Waals surface area contributed by atoms with Crippen molar-refractivity contribution in [3.63, 3.8) is 0 Å². The van der Waals surface area contributed by atoms with Gasteiger partial charge in [-0.15, -0.1) is 0 Å². The van der Waals surface area contributed by atoms with Crippen molar-refractivity contribution in [1.82, 2.24) is 5.32 Å². The maximum atomic E-state index is 4.19. The molecule has 1 saturated carbocycles. The second kappa shape index (κ2) is 8.41. The molecule has 1 N–H and O–H groups in total. The van der Waals surface area contributed by atoms with Gasteiger partial charge in [-0.2, -0.15) is 12.6 Å². The lowest BCUT2D eigenvalue weighted by Crippen LogP contribution is -2.22. The summed E-state index contributed by atoms with van der Waals surface area (Å²) in [4.78, 5) is 0. The van der Waals surface area contributed by atoms with E-state index in [-0.39, 0.29) is 0 Å². The number of hydrogen-bond acceptors (Lipinski definition) is 2. The Morgan fingerprint density at radius 3 is 2.69 bits per heavy atom. The van der Waals surface area contributed by atoms with Gasteiger partial charge in [-0.1, -0.05) is 39.5 Å². The molecule has 0 heterocycles. The predicted octanol–water partition coefficient (Wildman–Crippen LogP) is 3.75. The van der Waals surface area contributed by atoms with Crippen molar-refractivity contribution < 1.29 is 0 Å². The van der Waals surface area contributed by atoms with Crippen LogP contribution >= 0.6 is 12.6 Å². The van der Waals surface area contributed by atoms with E-state index in [9.17, 15) is 0 Å². The maximum Gasteiger partial charge on any atom is 0.00397 e. The average Bonchev–Trinajstić information content (AvgIpc) is 2.28. The van der Waals surface area contributed by atoms with Crippen LogP contribution in [0.2, 0.25) is 0 Å². The minimum atomic E-state index is 0.956. The Bertz CT molecular complexity index is 172. The van der Waals surface area contributed by atoms with E-state index in [0.29, 0.717) is 0 Å². The van der Waals surface area contributed by atoms with Gasteiger partial charge in [-0.05, 0) is 37.1 Å². The topological polar surface area (TPSA) is 12.0 Å². The summed E-state index contributed by atoms with van der Waals surface area (Å²) >= 11 is 4.19. The normalized spacial score (nSPS) is 30.6. The van der Waals surface area contributed by atoms with Crippen LogP contribution in [0.25, 0.3) is 0 Å². The van der Waals surface area contributed by atoms with Crippen LogP contribution in [-0.4, -0.2) is 18.8 Å². The highest BCUT2D eigenvalue weighted by molar-refractivity contribution is 7.80. The van der Waals surface area contributed by atoms with Gasteiger partial charge in [0, 0.05) is 12.3 Å². The summed E-state index contributed by atoms with van der Waals surface area (Å²) in [6, 6.07) is 0. The molecule has 0 amide bonds. The zero-order valence-corrected chi connectivity index (χ0v) is 11.9. The van der Waals surface area contributed by atoms with Crippen molar-refractivity contribution in [2.75, 3.05) is 18.8 Å². The number of hydrogen-bond donors (Lipinski definition) is 2. The molecule has 3 atom stereocenters. The summed E-state index contributed by atoms with van der Waals surface area (Å²) in [5, 5.41) is 3.42. The van der Waals surface area contributed by atoms with E-state index in [1.165, 1.54) is 45.1 Å². The quantitative estimate of drug-likeness (QED) is 0.513. The molecule has 1 rings (SSSR count). The van der Waals surface area contributed by atoms with E-state index in [2.05, 4.69) is 31.8 Å². The highest BCUT2D eigenvalue weighted by atomic mass is 32.1. The molecular formula is C14H29NS. The van der Waals surface area contributed by atoms with Crippen molar-refractivity contribution >= 4 is 12.6 Å². The maximum absolute atomic E-state index is 4.19. The Kier molecular flexibility index (Phi) is 7.55. The Morgan fingerprint density at radius 1 is 1.12 bits per heavy atom. The van der Waals surface area contributed by atoms with Gasteiger partial charge in [-0.25, -0.2) is 0 Å². The highest BCUT2D eigenvalue weighted by Crippen LogP contribution is 2.36. The van der Waals surface area contributed by atoms with Crippen LogP contribution in [0.5, 0.6) is 0 Å². The van der Waals surface area contributed by atoms with Crippen molar-refractivity contribution in [2.24, 2.45) is 17.8 Å². The molecule has 1 aliphatic rings. The first kappa shape index (κ1) is 14.4. The van der Waals surface area contributed by atoms with Gasteiger partial charge in [0.2, 0.25) is 0 Å². The third kappa shape index (κ3) is 5.58. The van der Waals surface area contributed by atoms with Crippen molar-refractivity contribution in [3.05, 3.63) is 0 Å². The zero-order valence-electron chi connectivity index (χ0n) is 11.0. The molecule has 0 bridgehead atoms. The summed E-state index contributed by atoms with van der Waals surface area (Å²) in [6.45, 7) is 7.11. The lowest BCUT2D eigenvalue weighted by molar-refractivity contribution is 0.189. The van der Waals surface area contributed by atoms with E-state index >= 15 is 0 Å². The molecule has 0 unspecified atom stereocenters. The lowest BCUT2D eigenvalue weighted by Gasteiger charge is -2.32. The minimum Gasteiger partial charge on any atom is -0.316 e. The van der Waals surface area contributed by atoms with Crippen LogP contribution < -0.4 is 5.32 Å². The van der Waals surface area contributed by atoms with Gasteiger partial charge >= 0.3 is 0 Å². The molecule has 0 aliphatic heterocycles. The molecule has 0 radical (unpaired) electrons. The summed E-state index contributed by atoms with van der Waals surface area (Å²) in [5.74, 6) is 3.91. The Morgan fingerprint density at radius 2 is 1.94 bits per heavy atom. The molecule has 0 aromatic carbocycles. The molecule has 0 spiro atoms. The summed E-state index contributed by atoms with van der Waals surface area (Å²) < 4.78 is 0. The predicted molar refractivity (Wildman–Crippen MR) is 76.2 cm³/mol. The third-order valence-electron chi connectivity index (χ3n) is 4.09. The molecule has 0 aromatic heterocycles. The van der Waals surface area contributed by atoms with E-state index < -0.39 is 0 Å². The SMILES string of the molecule is C[C@@H]1CC[C@@H](C)[C@H](CCCCNCCS)C1. The third-order valence-corrected chi connectivity index (χ3v) is 4.32. The molecule has 0 saturated heterocycles. The molecule has 16 heavy (non-hydrogen) atoms. The fourth-order valence-electron chi connectivity index (χ4n) is 2.91. The number of nitrogens with one attached hydrogen (secondary N) is 1. The molecule has 1 fully saturated rings. The van der Waals surface area contributed by atoms with Crippen LogP contribution in [0, 0.1) is 17.8 Å². The van der Waals surface area contributed by atoms with Crippen LogP contribution in [0.15, 0.2) is 0 Å². The van der Waals surface area contributed by atoms with Crippen LogP contribution in [0.4, 0.5) is 0 Å². The molecule has 1 aliphatic carbocycles. The van der Waals surface area contributed by atoms with Gasteiger partial charge < -0.3 is 5.32 Å². The second-order valence-electron chi connectivity index (χ2n) is 5.62. The molecule has 2 heteroatoms. The molecule has 0 aromatic rings. The first-order valence-corrected chi connectivity index (χ1v) is 7.69. The first-order chi connectivity index (χ1) is 7.74. The molecular weight excluding hydrogens is 214 g/mol. The zero-order chi connectivity index (χ0) is 11.8. The van der Waals surface area contributed by atoms with E-state index in [1.54, 1.807) is 0 Å². The van der Waals surface area contributed by atoms with Gasteiger partial charge in [0.05, 0.1) is 0 Å². The standard InChI is InChI=1S/C14H29NS/c1-12-6-7-13(2)14(11-12)5-3-4-8-15-9-10-16/h12-16H,3-11H2,1-2H3/t12-,13-,14-/m1/s1. The smallest absolute Gasteiger partial charge is 0.00397 e. The summed E-state index contributed by atoms with van der Waals surface area (Å²) in [5.41, 5.74) is 0. The summed E-state index contributed by atoms with van der Waals surface area (Å²) in [6.07, 6.45) is 8.59. The Hall–Kier alpha value is 0.310.